The summed E-state index contributed by atoms with van der Waals surface area (Å²) < 4.78 is 6.10. The van der Waals surface area contributed by atoms with E-state index in [1.165, 1.54) is 29.0 Å². The van der Waals surface area contributed by atoms with Gasteiger partial charge in [0.2, 0.25) is 0 Å². The third-order valence-corrected chi connectivity index (χ3v) is 5.18. The van der Waals surface area contributed by atoms with Crippen molar-refractivity contribution in [1.82, 2.24) is 0 Å². The average Bonchev–Trinajstić information content (AvgIpc) is 3.00. The van der Waals surface area contributed by atoms with Gasteiger partial charge in [0.1, 0.15) is 0 Å². The molecular formula is C16H17NOS. The van der Waals surface area contributed by atoms with Gasteiger partial charge in [-0.1, -0.05) is 24.3 Å². The van der Waals surface area contributed by atoms with E-state index in [1.54, 1.807) is 0 Å². The minimum absolute atomic E-state index is 0.262. The summed E-state index contributed by atoms with van der Waals surface area (Å²) in [5, 5.41) is 5.89. The molecule has 0 aliphatic carbocycles. The molecule has 98 valence electrons. The highest BCUT2D eigenvalue weighted by Gasteiger charge is 2.39. The first-order chi connectivity index (χ1) is 9.43. The smallest absolute Gasteiger partial charge is 0.0896 e. The topological polar surface area (TPSA) is 21.3 Å². The average molecular weight is 271 g/mol. The van der Waals surface area contributed by atoms with Crippen molar-refractivity contribution in [2.75, 3.05) is 11.9 Å². The van der Waals surface area contributed by atoms with Crippen molar-refractivity contribution in [2.24, 2.45) is 5.92 Å². The number of ether oxygens (including phenoxy) is 1. The molecule has 1 aromatic heterocycles. The lowest BCUT2D eigenvalue weighted by molar-refractivity contribution is -0.0377. The molecule has 1 aromatic carbocycles. The molecule has 2 aromatic rings. The first kappa shape index (κ1) is 11.5. The molecule has 0 amide bonds. The maximum Gasteiger partial charge on any atom is 0.0896 e. The molecule has 1 saturated heterocycles. The first-order valence-electron chi connectivity index (χ1n) is 6.94. The second-order valence-corrected chi connectivity index (χ2v) is 6.30. The third-order valence-electron chi connectivity index (χ3n) is 4.22. The Morgan fingerprint density at radius 2 is 2.11 bits per heavy atom. The Morgan fingerprint density at radius 1 is 1.16 bits per heavy atom. The van der Waals surface area contributed by atoms with Crippen LogP contribution in [0.5, 0.6) is 0 Å². The third kappa shape index (κ3) is 1.88. The fourth-order valence-corrected chi connectivity index (χ4v) is 4.22. The SMILES string of the molecule is c1csc(C2Nc3ccccc3C3OCCCC23)c1. The number of rotatable bonds is 1. The number of benzene rings is 1. The summed E-state index contributed by atoms with van der Waals surface area (Å²) >= 11 is 1.84. The second kappa shape index (κ2) is 4.66. The molecular weight excluding hydrogens is 254 g/mol. The van der Waals surface area contributed by atoms with E-state index in [-0.39, 0.29) is 6.10 Å². The van der Waals surface area contributed by atoms with E-state index in [2.05, 4.69) is 47.1 Å². The second-order valence-electron chi connectivity index (χ2n) is 5.32. The van der Waals surface area contributed by atoms with Crippen molar-refractivity contribution >= 4 is 17.0 Å². The maximum absolute atomic E-state index is 6.10. The van der Waals surface area contributed by atoms with Crippen LogP contribution < -0.4 is 5.32 Å². The summed E-state index contributed by atoms with van der Waals surface area (Å²) in [6.07, 6.45) is 2.68. The lowest BCUT2D eigenvalue weighted by Gasteiger charge is -2.42. The molecule has 3 atom stereocenters. The van der Waals surface area contributed by atoms with Crippen LogP contribution in [-0.2, 0) is 4.74 Å². The van der Waals surface area contributed by atoms with E-state index in [0.717, 1.165) is 6.61 Å². The van der Waals surface area contributed by atoms with Gasteiger partial charge in [-0.3, -0.25) is 0 Å². The highest BCUT2D eigenvalue weighted by molar-refractivity contribution is 7.10. The Kier molecular flexibility index (Phi) is 2.82. The van der Waals surface area contributed by atoms with Gasteiger partial charge in [0.05, 0.1) is 12.1 Å². The Balaban J connectivity index is 1.79. The van der Waals surface area contributed by atoms with Crippen LogP contribution in [0.2, 0.25) is 0 Å². The number of nitrogens with one attached hydrogen (secondary N) is 1. The van der Waals surface area contributed by atoms with Gasteiger partial charge in [-0.15, -0.1) is 11.3 Å². The number of thiophene rings is 1. The normalized spacial score (nSPS) is 29.2. The van der Waals surface area contributed by atoms with Gasteiger partial charge >= 0.3 is 0 Å². The van der Waals surface area contributed by atoms with Crippen LogP contribution in [0.1, 0.15) is 35.4 Å². The Bertz CT molecular complexity index is 566. The van der Waals surface area contributed by atoms with Gasteiger partial charge in [-0.05, 0) is 30.4 Å². The molecule has 19 heavy (non-hydrogen) atoms. The fourth-order valence-electron chi connectivity index (χ4n) is 3.37. The van der Waals surface area contributed by atoms with E-state index < -0.39 is 0 Å². The predicted octanol–water partition coefficient (Wildman–Crippen LogP) is 4.38. The monoisotopic (exact) mass is 271 g/mol. The zero-order chi connectivity index (χ0) is 12.7. The van der Waals surface area contributed by atoms with Gasteiger partial charge < -0.3 is 10.1 Å². The van der Waals surface area contributed by atoms with Crippen LogP contribution in [-0.4, -0.2) is 6.61 Å². The van der Waals surface area contributed by atoms with Gasteiger partial charge in [0.25, 0.3) is 0 Å². The predicted molar refractivity (Wildman–Crippen MR) is 78.5 cm³/mol. The molecule has 2 aliphatic rings. The molecule has 2 nitrogen and oxygen atoms in total. The van der Waals surface area contributed by atoms with Crippen LogP contribution in [0, 0.1) is 5.92 Å². The molecule has 0 saturated carbocycles. The lowest BCUT2D eigenvalue weighted by atomic mass is 9.79. The summed E-state index contributed by atoms with van der Waals surface area (Å²) in [6.45, 7) is 0.895. The number of para-hydroxylation sites is 1. The molecule has 0 bridgehead atoms. The molecule has 3 unspecified atom stereocenters. The molecule has 0 radical (unpaired) electrons. The largest absolute Gasteiger partial charge is 0.377 e. The summed E-state index contributed by atoms with van der Waals surface area (Å²) in [7, 11) is 0. The van der Waals surface area contributed by atoms with Crippen molar-refractivity contribution in [3.8, 4) is 0 Å². The summed E-state index contributed by atoms with van der Waals surface area (Å²) in [5.74, 6) is 0.558. The standard InChI is InChI=1S/C16H17NOS/c1-2-7-13-11(5-1)16-12(6-3-9-18-16)15(17-13)14-8-4-10-19-14/h1-2,4-5,7-8,10,12,15-17H,3,6,9H2. The van der Waals surface area contributed by atoms with Crippen molar-refractivity contribution in [1.29, 1.82) is 0 Å². The van der Waals surface area contributed by atoms with Crippen LogP contribution in [0.15, 0.2) is 41.8 Å². The van der Waals surface area contributed by atoms with Gasteiger partial charge in [-0.2, -0.15) is 0 Å². The quantitative estimate of drug-likeness (QED) is 0.831. The van der Waals surface area contributed by atoms with Crippen LogP contribution in [0.3, 0.4) is 0 Å². The van der Waals surface area contributed by atoms with E-state index in [1.807, 2.05) is 11.3 Å². The van der Waals surface area contributed by atoms with Gasteiger partial charge in [0, 0.05) is 28.7 Å². The van der Waals surface area contributed by atoms with Gasteiger partial charge in [0.15, 0.2) is 0 Å². The van der Waals surface area contributed by atoms with E-state index >= 15 is 0 Å². The van der Waals surface area contributed by atoms with Crippen molar-refractivity contribution in [3.63, 3.8) is 0 Å². The molecule has 4 rings (SSSR count). The van der Waals surface area contributed by atoms with Crippen LogP contribution in [0.25, 0.3) is 0 Å². The fraction of sp³-hybridized carbons (Fsp3) is 0.375. The Morgan fingerprint density at radius 3 is 3.00 bits per heavy atom. The lowest BCUT2D eigenvalue weighted by Crippen LogP contribution is -2.35. The highest BCUT2D eigenvalue weighted by Crippen LogP contribution is 2.49. The van der Waals surface area contributed by atoms with Crippen LogP contribution in [0.4, 0.5) is 5.69 Å². The summed E-state index contributed by atoms with van der Waals surface area (Å²) in [6, 6.07) is 13.4. The molecule has 1 fully saturated rings. The zero-order valence-electron chi connectivity index (χ0n) is 10.7. The first-order valence-corrected chi connectivity index (χ1v) is 7.82. The molecule has 3 heteroatoms. The molecule has 0 spiro atoms. The summed E-state index contributed by atoms with van der Waals surface area (Å²) in [4.78, 5) is 1.43. The van der Waals surface area contributed by atoms with Crippen molar-refractivity contribution < 1.29 is 4.74 Å². The number of hydrogen-bond acceptors (Lipinski definition) is 3. The molecule has 1 N–H and O–H groups in total. The van der Waals surface area contributed by atoms with E-state index in [0.29, 0.717) is 12.0 Å². The minimum Gasteiger partial charge on any atom is -0.377 e. The highest BCUT2D eigenvalue weighted by atomic mass is 32.1. The van der Waals surface area contributed by atoms with Crippen molar-refractivity contribution in [3.05, 3.63) is 52.2 Å². The number of anilines is 1. The van der Waals surface area contributed by atoms with Crippen molar-refractivity contribution in [2.45, 2.75) is 25.0 Å². The van der Waals surface area contributed by atoms with Gasteiger partial charge in [-0.25, -0.2) is 0 Å². The molecule has 3 heterocycles. The minimum atomic E-state index is 0.262. The molecule has 2 aliphatic heterocycles. The zero-order valence-corrected chi connectivity index (χ0v) is 11.5. The maximum atomic E-state index is 6.10. The van der Waals surface area contributed by atoms with E-state index in [4.69, 9.17) is 4.74 Å². The Labute approximate surface area is 117 Å². The van der Waals surface area contributed by atoms with E-state index in [9.17, 15) is 0 Å². The van der Waals surface area contributed by atoms with Crippen LogP contribution >= 0.6 is 11.3 Å². The Hall–Kier alpha value is -1.32. The summed E-state index contributed by atoms with van der Waals surface area (Å²) in [5.41, 5.74) is 2.57. The number of hydrogen-bond donors (Lipinski definition) is 1. The number of fused-ring (bicyclic) bond motifs is 3.